The zero-order valence-corrected chi connectivity index (χ0v) is 13.7. The Balaban J connectivity index is 1.95. The second kappa shape index (κ2) is 5.10. The molecule has 3 aliphatic carbocycles. The van der Waals surface area contributed by atoms with Crippen molar-refractivity contribution in [1.29, 1.82) is 0 Å². The number of fused-ring (bicyclic) bond motifs is 3. The van der Waals surface area contributed by atoms with Crippen LogP contribution in [-0.4, -0.2) is 15.7 Å². The lowest BCUT2D eigenvalue weighted by atomic mass is 9.36. The van der Waals surface area contributed by atoms with Crippen molar-refractivity contribution in [1.82, 2.24) is 0 Å². The van der Waals surface area contributed by atoms with Gasteiger partial charge in [-0.25, -0.2) is 0 Å². The van der Waals surface area contributed by atoms with Gasteiger partial charge in [-0.1, -0.05) is 51.7 Å². The third-order valence-electron chi connectivity index (χ3n) is 7.07. The Morgan fingerprint density at radius 2 is 1.00 bits per heavy atom. The van der Waals surface area contributed by atoms with E-state index in [-0.39, 0.29) is 5.41 Å². The van der Waals surface area contributed by atoms with E-state index < -0.39 is 5.21 Å². The molecule has 3 saturated carbocycles. The number of rotatable bonds is 1. The van der Waals surface area contributed by atoms with Crippen molar-refractivity contribution in [2.45, 2.75) is 77.4 Å². The van der Waals surface area contributed by atoms with Crippen LogP contribution >= 0.6 is 0 Å². The first-order chi connectivity index (χ1) is 9.34. The Hall–Kier alpha value is 0.130. The SMILES string of the molecule is [B]C([B])(C1C2CCCCC2C2CCCCC21)C(C)(C)C. The van der Waals surface area contributed by atoms with Crippen LogP contribution in [0.25, 0.3) is 0 Å². The summed E-state index contributed by atoms with van der Waals surface area (Å²) in [4.78, 5) is 0. The Labute approximate surface area is 128 Å². The molecule has 4 atom stereocenters. The molecule has 0 saturated heterocycles. The van der Waals surface area contributed by atoms with Crippen molar-refractivity contribution in [2.24, 2.45) is 35.0 Å². The lowest BCUT2D eigenvalue weighted by Crippen LogP contribution is -2.42. The van der Waals surface area contributed by atoms with E-state index in [9.17, 15) is 0 Å². The fourth-order valence-electron chi connectivity index (χ4n) is 5.86. The minimum absolute atomic E-state index is 0.00794. The van der Waals surface area contributed by atoms with Crippen LogP contribution < -0.4 is 0 Å². The van der Waals surface area contributed by atoms with Crippen LogP contribution in [-0.2, 0) is 0 Å². The van der Waals surface area contributed by atoms with Gasteiger partial charge >= 0.3 is 0 Å². The molecule has 0 N–H and O–H groups in total. The molecule has 0 nitrogen and oxygen atoms in total. The van der Waals surface area contributed by atoms with Gasteiger partial charge in [-0.05, 0) is 60.7 Å². The summed E-state index contributed by atoms with van der Waals surface area (Å²) in [5, 5.41) is -0.510. The first-order valence-electron chi connectivity index (χ1n) is 8.92. The van der Waals surface area contributed by atoms with Gasteiger partial charge in [0.25, 0.3) is 0 Å². The van der Waals surface area contributed by atoms with E-state index in [0.717, 1.165) is 23.7 Å². The van der Waals surface area contributed by atoms with Gasteiger partial charge in [0.15, 0.2) is 0 Å². The average molecular weight is 268 g/mol. The molecule has 0 aromatic carbocycles. The lowest BCUT2D eigenvalue weighted by molar-refractivity contribution is 0.135. The molecule has 0 spiro atoms. The minimum atomic E-state index is -0.510. The van der Waals surface area contributed by atoms with Gasteiger partial charge in [-0.15, -0.1) is 0 Å². The second-order valence-electron chi connectivity index (χ2n) is 8.93. The summed E-state index contributed by atoms with van der Waals surface area (Å²) in [5.74, 6) is 4.05. The normalized spacial score (nSPS) is 42.0. The lowest BCUT2D eigenvalue weighted by Gasteiger charge is -2.51. The van der Waals surface area contributed by atoms with Crippen LogP contribution in [0.4, 0.5) is 0 Å². The topological polar surface area (TPSA) is 0 Å². The maximum atomic E-state index is 6.79. The third kappa shape index (κ3) is 2.20. The van der Waals surface area contributed by atoms with E-state index in [1.54, 1.807) is 0 Å². The summed E-state index contributed by atoms with van der Waals surface area (Å²) in [6.07, 6.45) is 11.3. The van der Waals surface area contributed by atoms with E-state index in [0.29, 0.717) is 5.92 Å². The monoisotopic (exact) mass is 268 g/mol. The highest BCUT2D eigenvalue weighted by atomic mass is 14.6. The summed E-state index contributed by atoms with van der Waals surface area (Å²) in [6.45, 7) is 6.71. The van der Waals surface area contributed by atoms with E-state index in [1.807, 2.05) is 0 Å². The molecule has 3 rings (SSSR count). The Morgan fingerprint density at radius 3 is 1.35 bits per heavy atom. The molecule has 0 aromatic heterocycles. The molecule has 0 bridgehead atoms. The minimum Gasteiger partial charge on any atom is -0.0911 e. The predicted molar refractivity (Wildman–Crippen MR) is 88.0 cm³/mol. The molecule has 3 aliphatic rings. The van der Waals surface area contributed by atoms with Crippen molar-refractivity contribution >= 4 is 15.7 Å². The summed E-state index contributed by atoms with van der Waals surface area (Å²) in [6, 6.07) is 0. The van der Waals surface area contributed by atoms with Crippen LogP contribution in [0.2, 0.25) is 5.21 Å². The van der Waals surface area contributed by atoms with Gasteiger partial charge in [0.1, 0.15) is 0 Å². The largest absolute Gasteiger partial charge is 0.0911 e. The molecule has 2 heteroatoms. The highest BCUT2D eigenvalue weighted by molar-refractivity contribution is 6.40. The molecule has 3 fully saturated rings. The standard InChI is InChI=1S/C18H30B2/c1-17(2,3)18(19,20)16-14-10-6-4-8-12(14)13-9-5-7-11-15(13)16/h12-16H,4-11H2,1-3H3. The molecule has 0 aromatic rings. The van der Waals surface area contributed by atoms with Crippen molar-refractivity contribution in [3.05, 3.63) is 0 Å². The van der Waals surface area contributed by atoms with E-state index in [4.69, 9.17) is 15.7 Å². The zero-order chi connectivity index (χ0) is 14.5. The van der Waals surface area contributed by atoms with E-state index in [1.165, 1.54) is 51.4 Å². The molecule has 4 unspecified atom stereocenters. The van der Waals surface area contributed by atoms with Gasteiger partial charge in [-0.2, -0.15) is 0 Å². The molecule has 108 valence electrons. The van der Waals surface area contributed by atoms with E-state index in [2.05, 4.69) is 20.8 Å². The first-order valence-corrected chi connectivity index (χ1v) is 8.92. The number of hydrogen-bond acceptors (Lipinski definition) is 0. The molecule has 4 radical (unpaired) electrons. The van der Waals surface area contributed by atoms with Gasteiger partial charge in [0.05, 0.1) is 15.7 Å². The molecule has 20 heavy (non-hydrogen) atoms. The van der Waals surface area contributed by atoms with Crippen LogP contribution in [0.15, 0.2) is 0 Å². The van der Waals surface area contributed by atoms with Crippen molar-refractivity contribution in [3.63, 3.8) is 0 Å². The molecular weight excluding hydrogens is 238 g/mol. The van der Waals surface area contributed by atoms with Gasteiger partial charge in [-0.3, -0.25) is 0 Å². The van der Waals surface area contributed by atoms with Crippen LogP contribution in [0.1, 0.15) is 72.1 Å². The van der Waals surface area contributed by atoms with Crippen LogP contribution in [0.3, 0.4) is 0 Å². The summed E-state index contributed by atoms with van der Waals surface area (Å²) in [5.41, 5.74) is -0.00794. The Kier molecular flexibility index (Phi) is 3.83. The fourth-order valence-corrected chi connectivity index (χ4v) is 5.86. The quantitative estimate of drug-likeness (QED) is 0.603. The van der Waals surface area contributed by atoms with Crippen molar-refractivity contribution in [2.75, 3.05) is 0 Å². The van der Waals surface area contributed by atoms with E-state index >= 15 is 0 Å². The Morgan fingerprint density at radius 1 is 0.650 bits per heavy atom. The van der Waals surface area contributed by atoms with Crippen LogP contribution in [0, 0.1) is 35.0 Å². The molecule has 0 amide bonds. The smallest absolute Gasteiger partial charge is 0.0631 e. The molecule has 0 aliphatic heterocycles. The summed E-state index contributed by atoms with van der Waals surface area (Å²) in [7, 11) is 13.6. The highest BCUT2D eigenvalue weighted by Gasteiger charge is 2.56. The number of hydrogen-bond donors (Lipinski definition) is 0. The van der Waals surface area contributed by atoms with Gasteiger partial charge < -0.3 is 0 Å². The predicted octanol–water partition coefficient (Wildman–Crippen LogP) is 4.73. The van der Waals surface area contributed by atoms with Crippen LogP contribution in [0.5, 0.6) is 0 Å². The maximum Gasteiger partial charge on any atom is 0.0631 e. The molecule has 0 heterocycles. The first kappa shape index (κ1) is 15.0. The molecular formula is C18H30B2. The maximum absolute atomic E-state index is 6.79. The van der Waals surface area contributed by atoms with Gasteiger partial charge in [0.2, 0.25) is 0 Å². The zero-order valence-electron chi connectivity index (χ0n) is 13.7. The fraction of sp³-hybridized carbons (Fsp3) is 1.00. The summed E-state index contributed by atoms with van der Waals surface area (Å²) >= 11 is 0. The Bertz CT molecular complexity index is 333. The third-order valence-corrected chi connectivity index (χ3v) is 7.07. The summed E-state index contributed by atoms with van der Waals surface area (Å²) < 4.78 is 0. The van der Waals surface area contributed by atoms with Crippen molar-refractivity contribution < 1.29 is 0 Å². The van der Waals surface area contributed by atoms with Crippen molar-refractivity contribution in [3.8, 4) is 0 Å². The average Bonchev–Trinajstić information content (AvgIpc) is 2.72. The van der Waals surface area contributed by atoms with Gasteiger partial charge in [0, 0.05) is 0 Å². The second-order valence-corrected chi connectivity index (χ2v) is 8.93. The highest BCUT2D eigenvalue weighted by Crippen LogP contribution is 2.65.